The number of nitriles is 1. The first kappa shape index (κ1) is 10.4. The van der Waals surface area contributed by atoms with E-state index in [-0.39, 0.29) is 0 Å². The van der Waals surface area contributed by atoms with Crippen molar-refractivity contribution in [2.24, 2.45) is 0 Å². The first-order chi connectivity index (χ1) is 6.13. The maximum Gasteiger partial charge on any atom is 0.124 e. The summed E-state index contributed by atoms with van der Waals surface area (Å²) in [5.74, 6) is 0. The number of hydrogen-bond donors (Lipinski definition) is 0. The second-order valence-corrected chi connectivity index (χ2v) is 3.82. The average Bonchev–Trinajstić information content (AvgIpc) is 2.11. The van der Waals surface area contributed by atoms with Gasteiger partial charge in [-0.1, -0.05) is 23.7 Å². The number of halogens is 2. The molecule has 1 unspecified atom stereocenters. The molecular weight excluding hydrogens is 205 g/mol. The number of nitrogens with zero attached hydrogens (tertiary/aromatic N) is 1. The summed E-state index contributed by atoms with van der Waals surface area (Å²) in [5.41, 5.74) is 2.03. The van der Waals surface area contributed by atoms with Crippen LogP contribution in [0.25, 0.3) is 0 Å². The standard InChI is InChI=1S/C10H9Cl2N/c1-7-2-3-8(5-10(7)12)4-9(11)6-13/h2-3,5,9H,4H2,1H3. The van der Waals surface area contributed by atoms with Crippen LogP contribution in [0.3, 0.4) is 0 Å². The van der Waals surface area contributed by atoms with Crippen LogP contribution in [0.5, 0.6) is 0 Å². The predicted octanol–water partition coefficient (Wildman–Crippen LogP) is 3.32. The van der Waals surface area contributed by atoms with E-state index in [4.69, 9.17) is 28.5 Å². The predicted molar refractivity (Wildman–Crippen MR) is 55.1 cm³/mol. The molecule has 0 amide bonds. The van der Waals surface area contributed by atoms with E-state index in [0.29, 0.717) is 6.42 Å². The molecule has 0 aromatic heterocycles. The summed E-state index contributed by atoms with van der Waals surface area (Å²) in [4.78, 5) is 0. The molecule has 0 fully saturated rings. The molecule has 1 aromatic rings. The minimum absolute atomic E-state index is 0.473. The SMILES string of the molecule is Cc1ccc(CC(Cl)C#N)cc1Cl. The Kier molecular flexibility index (Phi) is 3.59. The van der Waals surface area contributed by atoms with Crippen LogP contribution in [-0.2, 0) is 6.42 Å². The van der Waals surface area contributed by atoms with Crippen LogP contribution in [-0.4, -0.2) is 5.38 Å². The van der Waals surface area contributed by atoms with Gasteiger partial charge < -0.3 is 0 Å². The molecular formula is C10H9Cl2N. The number of alkyl halides is 1. The van der Waals surface area contributed by atoms with E-state index in [9.17, 15) is 0 Å². The van der Waals surface area contributed by atoms with Gasteiger partial charge in [-0.15, -0.1) is 11.6 Å². The van der Waals surface area contributed by atoms with Crippen LogP contribution < -0.4 is 0 Å². The molecule has 0 heterocycles. The van der Waals surface area contributed by atoms with Crippen LogP contribution in [0, 0.1) is 18.3 Å². The van der Waals surface area contributed by atoms with Crippen molar-refractivity contribution < 1.29 is 0 Å². The topological polar surface area (TPSA) is 23.8 Å². The van der Waals surface area contributed by atoms with Crippen molar-refractivity contribution in [1.82, 2.24) is 0 Å². The summed E-state index contributed by atoms with van der Waals surface area (Å²) < 4.78 is 0. The Hall–Kier alpha value is -0.710. The number of aryl methyl sites for hydroxylation is 1. The molecule has 0 aliphatic rings. The molecule has 0 radical (unpaired) electrons. The maximum absolute atomic E-state index is 8.51. The van der Waals surface area contributed by atoms with Crippen LogP contribution in [0.1, 0.15) is 11.1 Å². The minimum Gasteiger partial charge on any atom is -0.197 e. The molecule has 0 saturated carbocycles. The van der Waals surface area contributed by atoms with Crippen molar-refractivity contribution in [2.75, 3.05) is 0 Å². The van der Waals surface area contributed by atoms with E-state index in [1.807, 2.05) is 31.2 Å². The first-order valence-electron chi connectivity index (χ1n) is 3.92. The Morgan fingerprint density at radius 3 is 2.77 bits per heavy atom. The second kappa shape index (κ2) is 4.50. The van der Waals surface area contributed by atoms with Gasteiger partial charge in [-0.25, -0.2) is 0 Å². The van der Waals surface area contributed by atoms with Gasteiger partial charge in [0, 0.05) is 11.4 Å². The van der Waals surface area contributed by atoms with Gasteiger partial charge in [-0.05, 0) is 24.1 Å². The Bertz CT molecular complexity index is 341. The zero-order chi connectivity index (χ0) is 9.84. The molecule has 13 heavy (non-hydrogen) atoms. The van der Waals surface area contributed by atoms with Crippen molar-refractivity contribution in [3.05, 3.63) is 34.3 Å². The van der Waals surface area contributed by atoms with E-state index >= 15 is 0 Å². The lowest BCUT2D eigenvalue weighted by molar-refractivity contribution is 1.02. The van der Waals surface area contributed by atoms with Gasteiger partial charge in [-0.2, -0.15) is 5.26 Å². The lowest BCUT2D eigenvalue weighted by Gasteiger charge is -2.03. The van der Waals surface area contributed by atoms with E-state index < -0.39 is 5.38 Å². The van der Waals surface area contributed by atoms with E-state index in [1.165, 1.54) is 0 Å². The van der Waals surface area contributed by atoms with Gasteiger partial charge in [0.25, 0.3) is 0 Å². The van der Waals surface area contributed by atoms with Crippen molar-refractivity contribution in [2.45, 2.75) is 18.7 Å². The molecule has 3 heteroatoms. The zero-order valence-corrected chi connectivity index (χ0v) is 8.73. The first-order valence-corrected chi connectivity index (χ1v) is 4.73. The summed E-state index contributed by atoms with van der Waals surface area (Å²) >= 11 is 11.6. The Balaban J connectivity index is 2.81. The fourth-order valence-electron chi connectivity index (χ4n) is 1.02. The fourth-order valence-corrected chi connectivity index (χ4v) is 1.40. The van der Waals surface area contributed by atoms with Gasteiger partial charge in [-0.3, -0.25) is 0 Å². The van der Waals surface area contributed by atoms with E-state index in [0.717, 1.165) is 16.1 Å². The highest BCUT2D eigenvalue weighted by molar-refractivity contribution is 6.31. The highest BCUT2D eigenvalue weighted by Gasteiger charge is 2.04. The van der Waals surface area contributed by atoms with Gasteiger partial charge in [0.15, 0.2) is 0 Å². The number of benzene rings is 1. The molecule has 0 saturated heterocycles. The van der Waals surface area contributed by atoms with E-state index in [1.54, 1.807) is 0 Å². The van der Waals surface area contributed by atoms with Crippen LogP contribution in [0.4, 0.5) is 0 Å². The summed E-state index contributed by atoms with van der Waals surface area (Å²) in [7, 11) is 0. The van der Waals surface area contributed by atoms with Gasteiger partial charge in [0.1, 0.15) is 5.38 Å². The normalized spacial score (nSPS) is 12.2. The van der Waals surface area contributed by atoms with Crippen molar-refractivity contribution >= 4 is 23.2 Å². The third-order valence-corrected chi connectivity index (χ3v) is 2.45. The van der Waals surface area contributed by atoms with Gasteiger partial charge in [0.05, 0.1) is 6.07 Å². The third-order valence-electron chi connectivity index (χ3n) is 1.79. The highest BCUT2D eigenvalue weighted by Crippen LogP contribution is 2.18. The smallest absolute Gasteiger partial charge is 0.124 e. The fraction of sp³-hybridized carbons (Fsp3) is 0.300. The quantitative estimate of drug-likeness (QED) is 0.692. The molecule has 1 nitrogen and oxygen atoms in total. The molecule has 0 aliphatic heterocycles. The van der Waals surface area contributed by atoms with Crippen LogP contribution >= 0.6 is 23.2 Å². The van der Waals surface area contributed by atoms with Crippen molar-refractivity contribution in [3.8, 4) is 6.07 Å². The summed E-state index contributed by atoms with van der Waals surface area (Å²) in [6.07, 6.45) is 0.540. The second-order valence-electron chi connectivity index (χ2n) is 2.88. The molecule has 1 aromatic carbocycles. The Labute approximate surface area is 87.9 Å². The van der Waals surface area contributed by atoms with Crippen molar-refractivity contribution in [1.29, 1.82) is 5.26 Å². The lowest BCUT2D eigenvalue weighted by atomic mass is 10.1. The highest BCUT2D eigenvalue weighted by atomic mass is 35.5. The number of rotatable bonds is 2. The molecule has 0 bridgehead atoms. The molecule has 1 atom stereocenters. The summed E-state index contributed by atoms with van der Waals surface area (Å²) in [6.45, 7) is 1.94. The molecule has 0 N–H and O–H groups in total. The van der Waals surface area contributed by atoms with E-state index in [2.05, 4.69) is 0 Å². The van der Waals surface area contributed by atoms with Gasteiger partial charge >= 0.3 is 0 Å². The lowest BCUT2D eigenvalue weighted by Crippen LogP contribution is -1.99. The van der Waals surface area contributed by atoms with Crippen molar-refractivity contribution in [3.63, 3.8) is 0 Å². The molecule has 1 rings (SSSR count). The summed E-state index contributed by atoms with van der Waals surface area (Å²) in [5, 5.41) is 8.75. The van der Waals surface area contributed by atoms with Gasteiger partial charge in [0.2, 0.25) is 0 Å². The summed E-state index contributed by atoms with van der Waals surface area (Å²) in [6, 6.07) is 7.69. The zero-order valence-electron chi connectivity index (χ0n) is 7.22. The van der Waals surface area contributed by atoms with Crippen LogP contribution in [0.15, 0.2) is 18.2 Å². The Morgan fingerprint density at radius 2 is 2.23 bits per heavy atom. The maximum atomic E-state index is 8.51. The monoisotopic (exact) mass is 213 g/mol. The molecule has 0 spiro atoms. The largest absolute Gasteiger partial charge is 0.197 e. The third kappa shape index (κ3) is 2.91. The molecule has 68 valence electrons. The Morgan fingerprint density at radius 1 is 1.54 bits per heavy atom. The molecule has 0 aliphatic carbocycles. The van der Waals surface area contributed by atoms with Crippen LogP contribution in [0.2, 0.25) is 5.02 Å². The number of hydrogen-bond acceptors (Lipinski definition) is 1. The average molecular weight is 214 g/mol. The minimum atomic E-state index is -0.473.